The van der Waals surface area contributed by atoms with Crippen LogP contribution >= 0.6 is 22.6 Å². The number of carbonyl (C=O) groups is 1. The third-order valence-electron chi connectivity index (χ3n) is 4.06. The lowest BCUT2D eigenvalue weighted by molar-refractivity contribution is 0.0923. The molecule has 0 saturated carbocycles. The Morgan fingerprint density at radius 1 is 1.42 bits per heavy atom. The van der Waals surface area contributed by atoms with E-state index >= 15 is 0 Å². The Morgan fingerprint density at radius 3 is 2.88 bits per heavy atom. The molecule has 1 aromatic carbocycles. The molecule has 1 aromatic heterocycles. The Bertz CT molecular complexity index is 876. The van der Waals surface area contributed by atoms with Gasteiger partial charge in [0.1, 0.15) is 23.7 Å². The van der Waals surface area contributed by atoms with Gasteiger partial charge in [0.25, 0.3) is 11.9 Å². The standard InChI is InChI=1S/C17H15F2IN4O2/c1-17(14(19)8-26-16(21)24-17)11-6-10(3-4-12(11)18)23-15(25)13-5-2-9(20)7-22-13/h2-7,14H,8H2,1H3,(H2,21,24)(H,23,25)/t14-,17+/m0/s1. The van der Waals surface area contributed by atoms with Crippen molar-refractivity contribution in [3.8, 4) is 0 Å². The number of amides is 1. The SMILES string of the molecule is C[C@]1(c2cc(NC(=O)c3ccc(I)cn3)ccc2F)N=C(N)OC[C@@H]1F. The third-order valence-corrected chi connectivity index (χ3v) is 4.70. The number of nitrogens with zero attached hydrogens (tertiary/aromatic N) is 2. The molecule has 1 amide bonds. The van der Waals surface area contributed by atoms with E-state index in [-0.39, 0.29) is 23.9 Å². The summed E-state index contributed by atoms with van der Waals surface area (Å²) in [7, 11) is 0. The van der Waals surface area contributed by atoms with E-state index in [0.717, 1.165) is 9.64 Å². The first kappa shape index (κ1) is 18.5. The first-order valence-electron chi connectivity index (χ1n) is 7.65. The van der Waals surface area contributed by atoms with Gasteiger partial charge in [0.15, 0.2) is 6.17 Å². The van der Waals surface area contributed by atoms with Crippen molar-refractivity contribution >= 4 is 40.2 Å². The van der Waals surface area contributed by atoms with E-state index < -0.39 is 23.4 Å². The molecule has 0 bridgehead atoms. The molecular formula is C17H15F2IN4O2. The van der Waals surface area contributed by atoms with Crippen LogP contribution in [0.2, 0.25) is 0 Å². The van der Waals surface area contributed by atoms with Crippen LogP contribution in [-0.2, 0) is 10.3 Å². The van der Waals surface area contributed by atoms with Gasteiger partial charge in [0.2, 0.25) is 0 Å². The zero-order chi connectivity index (χ0) is 18.9. The van der Waals surface area contributed by atoms with Crippen LogP contribution in [0.4, 0.5) is 14.5 Å². The topological polar surface area (TPSA) is 89.6 Å². The molecule has 0 saturated heterocycles. The first-order chi connectivity index (χ1) is 12.3. The smallest absolute Gasteiger partial charge is 0.283 e. The van der Waals surface area contributed by atoms with Gasteiger partial charge in [-0.2, -0.15) is 0 Å². The molecule has 0 unspecified atom stereocenters. The van der Waals surface area contributed by atoms with Gasteiger partial charge in [-0.15, -0.1) is 0 Å². The van der Waals surface area contributed by atoms with E-state index in [0.29, 0.717) is 5.69 Å². The van der Waals surface area contributed by atoms with Crippen LogP contribution in [0.3, 0.4) is 0 Å². The number of rotatable bonds is 3. The van der Waals surface area contributed by atoms with Crippen molar-refractivity contribution in [1.82, 2.24) is 4.98 Å². The molecular weight excluding hydrogens is 457 g/mol. The van der Waals surface area contributed by atoms with Crippen LogP contribution in [0.1, 0.15) is 23.0 Å². The molecule has 3 N–H and O–H groups in total. The maximum atomic E-state index is 14.4. The van der Waals surface area contributed by atoms with Crippen LogP contribution in [0.25, 0.3) is 0 Å². The van der Waals surface area contributed by atoms with Crippen molar-refractivity contribution < 1.29 is 18.3 Å². The van der Waals surface area contributed by atoms with Crippen molar-refractivity contribution in [1.29, 1.82) is 0 Å². The zero-order valence-corrected chi connectivity index (χ0v) is 15.8. The fourth-order valence-corrected chi connectivity index (χ4v) is 2.90. The number of amidine groups is 1. The minimum absolute atomic E-state index is 0.0235. The van der Waals surface area contributed by atoms with Gasteiger partial charge in [-0.05, 0) is 59.8 Å². The fraction of sp³-hybridized carbons (Fsp3) is 0.235. The van der Waals surface area contributed by atoms with Crippen molar-refractivity contribution in [3.05, 3.63) is 57.2 Å². The molecule has 9 heteroatoms. The van der Waals surface area contributed by atoms with Gasteiger partial charge in [-0.25, -0.2) is 18.8 Å². The number of ether oxygens (including phenoxy) is 1. The van der Waals surface area contributed by atoms with Crippen molar-refractivity contribution in [2.24, 2.45) is 10.7 Å². The van der Waals surface area contributed by atoms with Crippen LogP contribution in [-0.4, -0.2) is 29.7 Å². The molecule has 0 fully saturated rings. The highest BCUT2D eigenvalue weighted by molar-refractivity contribution is 14.1. The van der Waals surface area contributed by atoms with Gasteiger partial charge in [0, 0.05) is 21.0 Å². The van der Waals surface area contributed by atoms with Gasteiger partial charge in [0.05, 0.1) is 0 Å². The number of aliphatic imine (C=N–C) groups is 1. The molecule has 0 radical (unpaired) electrons. The predicted octanol–water partition coefficient (Wildman–Crippen LogP) is 2.98. The van der Waals surface area contributed by atoms with Crippen LogP contribution in [0.5, 0.6) is 0 Å². The number of aromatic nitrogens is 1. The van der Waals surface area contributed by atoms with E-state index in [1.54, 1.807) is 18.3 Å². The highest BCUT2D eigenvalue weighted by Crippen LogP contribution is 2.37. The predicted molar refractivity (Wildman–Crippen MR) is 101 cm³/mol. The van der Waals surface area contributed by atoms with E-state index in [2.05, 4.69) is 37.9 Å². The zero-order valence-electron chi connectivity index (χ0n) is 13.7. The molecule has 2 atom stereocenters. The maximum absolute atomic E-state index is 14.4. The number of halogens is 3. The largest absolute Gasteiger partial charge is 0.462 e. The highest BCUT2D eigenvalue weighted by Gasteiger charge is 2.42. The number of anilines is 1. The van der Waals surface area contributed by atoms with E-state index in [9.17, 15) is 13.6 Å². The van der Waals surface area contributed by atoms with Gasteiger partial charge in [-0.1, -0.05) is 0 Å². The van der Waals surface area contributed by atoms with Gasteiger partial charge in [-0.3, -0.25) is 4.79 Å². The molecule has 0 spiro atoms. The Kier molecular flexibility index (Phi) is 5.08. The number of nitrogens with one attached hydrogen (secondary N) is 1. The monoisotopic (exact) mass is 472 g/mol. The molecule has 2 heterocycles. The molecule has 1 aliphatic rings. The number of hydrogen-bond donors (Lipinski definition) is 2. The van der Waals surface area contributed by atoms with E-state index in [4.69, 9.17) is 10.5 Å². The molecule has 2 aromatic rings. The quantitative estimate of drug-likeness (QED) is 0.673. The van der Waals surface area contributed by atoms with E-state index in [1.807, 2.05) is 0 Å². The lowest BCUT2D eigenvalue weighted by Crippen LogP contribution is -2.43. The number of hydrogen-bond acceptors (Lipinski definition) is 5. The highest BCUT2D eigenvalue weighted by atomic mass is 127. The molecule has 3 rings (SSSR count). The Hall–Kier alpha value is -2.30. The first-order valence-corrected chi connectivity index (χ1v) is 8.72. The minimum Gasteiger partial charge on any atom is -0.462 e. The summed E-state index contributed by atoms with van der Waals surface area (Å²) in [6, 6.07) is 6.97. The number of alkyl halides is 1. The molecule has 136 valence electrons. The fourth-order valence-electron chi connectivity index (χ4n) is 2.58. The minimum atomic E-state index is -1.59. The summed E-state index contributed by atoms with van der Waals surface area (Å²) >= 11 is 2.08. The summed E-state index contributed by atoms with van der Waals surface area (Å²) in [5.41, 5.74) is 4.46. The maximum Gasteiger partial charge on any atom is 0.283 e. The average molecular weight is 472 g/mol. The lowest BCUT2D eigenvalue weighted by atomic mass is 9.86. The van der Waals surface area contributed by atoms with Crippen LogP contribution in [0.15, 0.2) is 41.5 Å². The second-order valence-corrected chi connectivity index (χ2v) is 7.13. The van der Waals surface area contributed by atoms with Crippen molar-refractivity contribution in [2.45, 2.75) is 18.6 Å². The van der Waals surface area contributed by atoms with Crippen LogP contribution < -0.4 is 11.1 Å². The van der Waals surface area contributed by atoms with Crippen LogP contribution in [0, 0.1) is 9.39 Å². The summed E-state index contributed by atoms with van der Waals surface area (Å²) in [4.78, 5) is 20.3. The number of benzene rings is 1. The third kappa shape index (κ3) is 3.62. The second kappa shape index (κ2) is 7.14. The summed E-state index contributed by atoms with van der Waals surface area (Å²) in [5.74, 6) is -1.12. The molecule has 1 aliphatic heterocycles. The second-order valence-electron chi connectivity index (χ2n) is 5.89. The summed E-state index contributed by atoms with van der Waals surface area (Å²) in [6.07, 6.45) is -0.0343. The molecule has 26 heavy (non-hydrogen) atoms. The molecule has 6 nitrogen and oxygen atoms in total. The summed E-state index contributed by atoms with van der Waals surface area (Å²) in [6.45, 7) is 1.10. The summed E-state index contributed by atoms with van der Waals surface area (Å²) in [5, 5.41) is 2.62. The number of nitrogens with two attached hydrogens (primary N) is 1. The number of carbonyl (C=O) groups excluding carboxylic acids is 1. The van der Waals surface area contributed by atoms with Crippen molar-refractivity contribution in [2.75, 3.05) is 11.9 Å². The normalized spacial score (nSPS) is 22.3. The Morgan fingerprint density at radius 2 is 2.19 bits per heavy atom. The Labute approximate surface area is 162 Å². The van der Waals surface area contributed by atoms with Gasteiger partial charge >= 0.3 is 0 Å². The summed E-state index contributed by atoms with van der Waals surface area (Å²) < 4.78 is 34.5. The van der Waals surface area contributed by atoms with E-state index in [1.165, 1.54) is 19.1 Å². The van der Waals surface area contributed by atoms with Gasteiger partial charge < -0.3 is 15.8 Å². The Balaban J connectivity index is 1.92. The average Bonchev–Trinajstić information content (AvgIpc) is 2.60. The number of pyridine rings is 1. The lowest BCUT2D eigenvalue weighted by Gasteiger charge is -2.33. The molecule has 0 aliphatic carbocycles. The van der Waals surface area contributed by atoms with Crippen molar-refractivity contribution in [3.63, 3.8) is 0 Å².